The summed E-state index contributed by atoms with van der Waals surface area (Å²) in [5.74, 6) is 1.59. The van der Waals surface area contributed by atoms with Gasteiger partial charge in [0.05, 0.1) is 6.21 Å². The van der Waals surface area contributed by atoms with Crippen LogP contribution >= 0.6 is 11.6 Å². The monoisotopic (exact) mass is 416 g/mol. The van der Waals surface area contributed by atoms with Crippen molar-refractivity contribution < 1.29 is 4.42 Å². The Balaban J connectivity index is 1.35. The van der Waals surface area contributed by atoms with Crippen molar-refractivity contribution in [2.45, 2.75) is 13.3 Å². The molecule has 7 nitrogen and oxygen atoms in total. The maximum absolute atomic E-state index is 6.03. The number of hydrazone groups is 1. The van der Waals surface area contributed by atoms with E-state index in [-0.39, 0.29) is 0 Å². The van der Waals surface area contributed by atoms with Gasteiger partial charge in [-0.15, -0.1) is 10.2 Å². The van der Waals surface area contributed by atoms with Gasteiger partial charge in [0.25, 0.3) is 5.95 Å². The summed E-state index contributed by atoms with van der Waals surface area (Å²) >= 11 is 6.03. The standard InChI is InChI=1S/C22H17ClN6O/c1-2-13-6-8-18-17(10-13)20-21(25-18)26-22(29-27-20)28-24-12-16-7-9-19(30-16)14-4-3-5-15(23)11-14/h3-12H,2H2,1H3,(H2,25,26,28,29)/b24-12+. The summed E-state index contributed by atoms with van der Waals surface area (Å²) in [5.41, 5.74) is 7.32. The van der Waals surface area contributed by atoms with E-state index < -0.39 is 0 Å². The maximum atomic E-state index is 6.03. The van der Waals surface area contributed by atoms with E-state index in [1.54, 1.807) is 6.21 Å². The van der Waals surface area contributed by atoms with Crippen LogP contribution in [-0.2, 0) is 6.42 Å². The first-order chi connectivity index (χ1) is 14.7. The minimum absolute atomic E-state index is 0.294. The maximum Gasteiger partial charge on any atom is 0.265 e. The lowest BCUT2D eigenvalue weighted by atomic mass is 10.1. The molecule has 0 saturated heterocycles. The van der Waals surface area contributed by atoms with Crippen LogP contribution in [0.4, 0.5) is 5.95 Å². The Morgan fingerprint density at radius 2 is 2.07 bits per heavy atom. The van der Waals surface area contributed by atoms with E-state index >= 15 is 0 Å². The molecule has 0 aliphatic rings. The minimum Gasteiger partial charge on any atom is -0.455 e. The molecule has 148 valence electrons. The molecule has 5 rings (SSSR count). The number of halogens is 1. The number of hydrogen-bond donors (Lipinski definition) is 2. The third-order valence-electron chi connectivity index (χ3n) is 4.78. The van der Waals surface area contributed by atoms with Crippen molar-refractivity contribution in [3.8, 4) is 11.3 Å². The molecule has 3 aromatic heterocycles. The quantitative estimate of drug-likeness (QED) is 0.294. The van der Waals surface area contributed by atoms with Gasteiger partial charge < -0.3 is 9.40 Å². The summed E-state index contributed by atoms with van der Waals surface area (Å²) in [6.07, 6.45) is 2.52. The molecule has 0 fully saturated rings. The second kappa shape index (κ2) is 7.61. The van der Waals surface area contributed by atoms with Gasteiger partial charge in [-0.25, -0.2) is 5.43 Å². The number of nitrogens with zero attached hydrogens (tertiary/aromatic N) is 4. The lowest BCUT2D eigenvalue weighted by Gasteiger charge is -1.98. The molecule has 0 unspecified atom stereocenters. The number of aromatic amines is 1. The van der Waals surface area contributed by atoms with Gasteiger partial charge in [0.1, 0.15) is 17.0 Å². The molecule has 30 heavy (non-hydrogen) atoms. The topological polar surface area (TPSA) is 92.0 Å². The number of H-pyrrole nitrogens is 1. The number of benzene rings is 2. The molecule has 8 heteroatoms. The molecule has 5 aromatic rings. The van der Waals surface area contributed by atoms with Gasteiger partial charge >= 0.3 is 0 Å². The van der Waals surface area contributed by atoms with E-state index in [1.165, 1.54) is 5.56 Å². The average molecular weight is 417 g/mol. The van der Waals surface area contributed by atoms with Gasteiger partial charge in [-0.2, -0.15) is 10.1 Å². The van der Waals surface area contributed by atoms with E-state index in [0.717, 1.165) is 28.4 Å². The molecule has 2 N–H and O–H groups in total. The molecular weight excluding hydrogens is 400 g/mol. The Morgan fingerprint density at radius 3 is 2.93 bits per heavy atom. The fourth-order valence-electron chi connectivity index (χ4n) is 3.26. The van der Waals surface area contributed by atoms with Crippen molar-refractivity contribution in [1.82, 2.24) is 20.2 Å². The first-order valence-corrected chi connectivity index (χ1v) is 9.87. The van der Waals surface area contributed by atoms with Crippen molar-refractivity contribution in [3.05, 3.63) is 70.9 Å². The zero-order valence-corrected chi connectivity index (χ0v) is 16.8. The van der Waals surface area contributed by atoms with Crippen molar-refractivity contribution in [2.24, 2.45) is 5.10 Å². The molecule has 0 atom stereocenters. The van der Waals surface area contributed by atoms with Gasteiger partial charge in [0.15, 0.2) is 5.65 Å². The lowest BCUT2D eigenvalue weighted by Crippen LogP contribution is -1.98. The van der Waals surface area contributed by atoms with Gasteiger partial charge in [-0.3, -0.25) is 0 Å². The molecule has 0 spiro atoms. The van der Waals surface area contributed by atoms with Crippen LogP contribution in [0, 0.1) is 0 Å². The van der Waals surface area contributed by atoms with Crippen molar-refractivity contribution >= 4 is 45.8 Å². The van der Waals surface area contributed by atoms with E-state index in [1.807, 2.05) is 42.5 Å². The number of rotatable bonds is 5. The van der Waals surface area contributed by atoms with E-state index in [2.05, 4.69) is 49.7 Å². The van der Waals surface area contributed by atoms with Crippen LogP contribution in [-0.4, -0.2) is 26.4 Å². The predicted molar refractivity (Wildman–Crippen MR) is 119 cm³/mol. The van der Waals surface area contributed by atoms with Crippen molar-refractivity contribution in [3.63, 3.8) is 0 Å². The molecule has 0 radical (unpaired) electrons. The fourth-order valence-corrected chi connectivity index (χ4v) is 3.45. The zero-order chi connectivity index (χ0) is 20.5. The smallest absolute Gasteiger partial charge is 0.265 e. The summed E-state index contributed by atoms with van der Waals surface area (Å²) in [6.45, 7) is 2.12. The van der Waals surface area contributed by atoms with E-state index in [0.29, 0.717) is 28.1 Å². The lowest BCUT2D eigenvalue weighted by molar-refractivity contribution is 0.575. The van der Waals surface area contributed by atoms with E-state index in [9.17, 15) is 0 Å². The van der Waals surface area contributed by atoms with Crippen LogP contribution in [0.3, 0.4) is 0 Å². The minimum atomic E-state index is 0.294. The molecule has 0 amide bonds. The molecule has 0 aliphatic carbocycles. The van der Waals surface area contributed by atoms with Crippen LogP contribution in [0.1, 0.15) is 18.2 Å². The number of fused-ring (bicyclic) bond motifs is 3. The third-order valence-corrected chi connectivity index (χ3v) is 5.01. The Morgan fingerprint density at radius 1 is 1.13 bits per heavy atom. The first-order valence-electron chi connectivity index (χ1n) is 9.49. The molecule has 0 saturated carbocycles. The van der Waals surface area contributed by atoms with Gasteiger partial charge in [-0.1, -0.05) is 36.7 Å². The Kier molecular flexibility index (Phi) is 4.65. The summed E-state index contributed by atoms with van der Waals surface area (Å²) in [7, 11) is 0. The van der Waals surface area contributed by atoms with Gasteiger partial charge in [0, 0.05) is 21.5 Å². The van der Waals surface area contributed by atoms with Crippen LogP contribution in [0.15, 0.2) is 64.1 Å². The summed E-state index contributed by atoms with van der Waals surface area (Å²) < 4.78 is 5.78. The summed E-state index contributed by atoms with van der Waals surface area (Å²) in [6, 6.07) is 17.4. The Bertz CT molecular complexity index is 1390. The molecular formula is C22H17ClN6O. The predicted octanol–water partition coefficient (Wildman–Crippen LogP) is 5.43. The van der Waals surface area contributed by atoms with Gasteiger partial charge in [-0.05, 0) is 48.4 Å². The number of hydrogen-bond acceptors (Lipinski definition) is 6. The van der Waals surface area contributed by atoms with Crippen molar-refractivity contribution in [2.75, 3.05) is 5.43 Å². The van der Waals surface area contributed by atoms with Crippen LogP contribution in [0.2, 0.25) is 5.02 Å². The zero-order valence-electron chi connectivity index (χ0n) is 16.1. The Labute approximate surface area is 176 Å². The van der Waals surface area contributed by atoms with Crippen LogP contribution < -0.4 is 5.43 Å². The van der Waals surface area contributed by atoms with Gasteiger partial charge in [0.2, 0.25) is 0 Å². The van der Waals surface area contributed by atoms with E-state index in [4.69, 9.17) is 16.0 Å². The molecule has 0 aliphatic heterocycles. The largest absolute Gasteiger partial charge is 0.455 e. The summed E-state index contributed by atoms with van der Waals surface area (Å²) in [5, 5.41) is 14.3. The number of nitrogens with one attached hydrogen (secondary N) is 2. The third kappa shape index (κ3) is 3.51. The highest BCUT2D eigenvalue weighted by molar-refractivity contribution is 6.30. The second-order valence-corrected chi connectivity index (χ2v) is 7.21. The number of anilines is 1. The fraction of sp³-hybridized carbons (Fsp3) is 0.0909. The SMILES string of the molecule is CCc1ccc2[nH]c3nc(N/N=C/c4ccc(-c5cccc(Cl)c5)o4)nnc3c2c1. The number of aromatic nitrogens is 4. The number of aryl methyl sites for hydroxylation is 1. The van der Waals surface area contributed by atoms with Crippen LogP contribution in [0.5, 0.6) is 0 Å². The normalized spacial score (nSPS) is 11.7. The average Bonchev–Trinajstić information content (AvgIpc) is 3.37. The highest BCUT2D eigenvalue weighted by Crippen LogP contribution is 2.25. The second-order valence-electron chi connectivity index (χ2n) is 6.77. The Hall–Kier alpha value is -3.71. The highest BCUT2D eigenvalue weighted by Gasteiger charge is 2.09. The summed E-state index contributed by atoms with van der Waals surface area (Å²) in [4.78, 5) is 7.73. The number of furan rings is 1. The first kappa shape index (κ1) is 18.3. The molecule has 0 bridgehead atoms. The molecule has 2 aromatic carbocycles. The highest BCUT2D eigenvalue weighted by atomic mass is 35.5. The van der Waals surface area contributed by atoms with Crippen LogP contribution in [0.25, 0.3) is 33.4 Å². The molecule has 3 heterocycles. The van der Waals surface area contributed by atoms with Crippen molar-refractivity contribution in [1.29, 1.82) is 0 Å².